The Morgan fingerprint density at radius 1 is 0.379 bits per heavy atom. The van der Waals surface area contributed by atoms with Crippen LogP contribution in [0.4, 0.5) is 17.1 Å². The number of hydrogen-bond donors (Lipinski definition) is 0. The molecule has 0 amide bonds. The predicted molar refractivity (Wildman–Crippen MR) is 244 cm³/mol. The van der Waals surface area contributed by atoms with Crippen molar-refractivity contribution < 1.29 is 4.42 Å². The van der Waals surface area contributed by atoms with Crippen LogP contribution >= 0.6 is 0 Å². The maximum absolute atomic E-state index is 7.10. The van der Waals surface area contributed by atoms with E-state index in [-0.39, 0.29) is 0 Å². The third-order valence-corrected chi connectivity index (χ3v) is 17.0. The molecular weight excluding hydrogens is 719 g/mol. The average Bonchev–Trinajstić information content (AvgIpc) is 3.69. The van der Waals surface area contributed by atoms with Gasteiger partial charge in [0.2, 0.25) is 0 Å². The minimum Gasteiger partial charge on any atom is -0.456 e. The van der Waals surface area contributed by atoms with Crippen molar-refractivity contribution in [1.82, 2.24) is 0 Å². The molecule has 1 aliphatic heterocycles. The van der Waals surface area contributed by atoms with Crippen molar-refractivity contribution in [3.8, 4) is 0 Å². The normalized spacial score (nSPS) is 13.3. The molecule has 9 aromatic carbocycles. The predicted octanol–water partition coefficient (Wildman–Crippen LogP) is 11.1. The van der Waals surface area contributed by atoms with E-state index in [0.717, 1.165) is 39.0 Å². The molecule has 0 atom stereocenters. The number of anilines is 3. The zero-order valence-electron chi connectivity index (χ0n) is 31.9. The Morgan fingerprint density at radius 2 is 0.793 bits per heavy atom. The first-order valence-electron chi connectivity index (χ1n) is 20.0. The zero-order valence-corrected chi connectivity index (χ0v) is 32.9. The maximum Gasteiger partial charge on any atom is 0.184 e. The number of para-hydroxylation sites is 3. The highest BCUT2D eigenvalue weighted by Crippen LogP contribution is 2.57. The summed E-state index contributed by atoms with van der Waals surface area (Å²) in [5, 5.41) is 7.35. The quantitative estimate of drug-likeness (QED) is 0.119. The molecule has 0 radical (unpaired) electrons. The van der Waals surface area contributed by atoms with Crippen LogP contribution < -0.4 is 25.6 Å². The molecule has 0 unspecified atom stereocenters. The van der Waals surface area contributed by atoms with E-state index >= 15 is 0 Å². The van der Waals surface area contributed by atoms with Crippen LogP contribution in [0, 0.1) is 0 Å². The summed E-state index contributed by atoms with van der Waals surface area (Å²) in [4.78, 5) is 2.51. The molecule has 0 bridgehead atoms. The van der Waals surface area contributed by atoms with Crippen LogP contribution in [0.25, 0.3) is 21.9 Å². The second kappa shape index (κ2) is 13.8. The molecule has 3 heteroatoms. The average molecular weight is 758 g/mol. The monoisotopic (exact) mass is 757 g/mol. The van der Waals surface area contributed by atoms with E-state index in [1.807, 2.05) is 0 Å². The van der Waals surface area contributed by atoms with E-state index in [2.05, 4.69) is 241 Å². The van der Waals surface area contributed by atoms with Gasteiger partial charge in [-0.1, -0.05) is 206 Å². The van der Waals surface area contributed by atoms with Gasteiger partial charge in [0.15, 0.2) is 8.07 Å². The largest absolute Gasteiger partial charge is 0.456 e. The van der Waals surface area contributed by atoms with Gasteiger partial charge in [-0.2, -0.15) is 0 Å². The Bertz CT molecular complexity index is 2870. The SMILES string of the molecule is c1ccc(C2(c3ccccc3)c3ccccc3N(c3cc([Si](c4ccccc4)(c4ccccc4)c4ccccc4)c4oc5ccccc5c4c3)c3ccccc32)cc1. The number of furan rings is 1. The zero-order chi connectivity index (χ0) is 38.5. The summed E-state index contributed by atoms with van der Waals surface area (Å²) in [6, 6.07) is 86.9. The van der Waals surface area contributed by atoms with Crippen LogP contribution in [0.5, 0.6) is 0 Å². The molecule has 0 saturated carbocycles. The van der Waals surface area contributed by atoms with Gasteiger partial charge in [0.1, 0.15) is 11.2 Å². The van der Waals surface area contributed by atoms with Crippen molar-refractivity contribution in [2.24, 2.45) is 0 Å². The number of hydrogen-bond acceptors (Lipinski definition) is 2. The van der Waals surface area contributed by atoms with E-state index in [0.29, 0.717) is 0 Å². The van der Waals surface area contributed by atoms with Crippen LogP contribution in [0.3, 0.4) is 0 Å². The minimum atomic E-state index is -3.06. The summed E-state index contributed by atoms with van der Waals surface area (Å²) < 4.78 is 7.10. The topological polar surface area (TPSA) is 16.4 Å². The maximum atomic E-state index is 7.10. The molecule has 10 aromatic rings. The molecular formula is C55H39NOSi. The van der Waals surface area contributed by atoms with E-state index < -0.39 is 13.5 Å². The van der Waals surface area contributed by atoms with Crippen molar-refractivity contribution in [3.05, 3.63) is 259 Å². The lowest BCUT2D eigenvalue weighted by atomic mass is 9.62. The van der Waals surface area contributed by atoms with Gasteiger partial charge in [-0.05, 0) is 73.3 Å². The Labute approximate surface area is 339 Å². The van der Waals surface area contributed by atoms with E-state index in [4.69, 9.17) is 4.42 Å². The summed E-state index contributed by atoms with van der Waals surface area (Å²) in [7, 11) is -3.06. The molecule has 58 heavy (non-hydrogen) atoms. The summed E-state index contributed by atoms with van der Waals surface area (Å²) in [6.07, 6.45) is 0. The van der Waals surface area contributed by atoms with E-state index in [1.165, 1.54) is 43.0 Å². The fourth-order valence-corrected chi connectivity index (χ4v) is 14.8. The van der Waals surface area contributed by atoms with Gasteiger partial charge < -0.3 is 9.32 Å². The standard InChI is InChI=1S/C55H39NOSi/c1-6-22-40(23-7-1)55(41-24-8-2-9-25-41)48-33-17-19-35-50(48)56(51-36-20-18-34-49(51)55)42-38-47-46-32-16-21-37-52(46)57-54(47)53(39-42)58(43-26-10-3-11-27-43,44-28-12-4-13-29-44)45-30-14-5-15-31-45/h1-39H. The molecule has 2 nitrogen and oxygen atoms in total. The van der Waals surface area contributed by atoms with Gasteiger partial charge in [-0.25, -0.2) is 0 Å². The number of rotatable bonds is 7. The molecule has 0 N–H and O–H groups in total. The Hall–Kier alpha value is -7.20. The van der Waals surface area contributed by atoms with Crippen LogP contribution in [0.15, 0.2) is 241 Å². The van der Waals surface area contributed by atoms with Crippen LogP contribution in [0.1, 0.15) is 22.3 Å². The van der Waals surface area contributed by atoms with Crippen LogP contribution in [0.2, 0.25) is 0 Å². The van der Waals surface area contributed by atoms with Crippen LogP contribution in [-0.2, 0) is 5.41 Å². The number of nitrogens with zero attached hydrogens (tertiary/aromatic N) is 1. The highest BCUT2D eigenvalue weighted by molar-refractivity contribution is 7.20. The molecule has 0 fully saturated rings. The van der Waals surface area contributed by atoms with Crippen molar-refractivity contribution in [1.29, 1.82) is 0 Å². The van der Waals surface area contributed by atoms with E-state index in [9.17, 15) is 0 Å². The van der Waals surface area contributed by atoms with Gasteiger partial charge >= 0.3 is 0 Å². The summed E-state index contributed by atoms with van der Waals surface area (Å²) in [5.74, 6) is 0. The lowest BCUT2D eigenvalue weighted by molar-refractivity contribution is 0.671. The van der Waals surface area contributed by atoms with Crippen molar-refractivity contribution >= 4 is 67.8 Å². The highest BCUT2D eigenvalue weighted by Gasteiger charge is 2.48. The molecule has 1 aromatic heterocycles. The Morgan fingerprint density at radius 3 is 1.29 bits per heavy atom. The molecule has 0 saturated heterocycles. The van der Waals surface area contributed by atoms with Crippen molar-refractivity contribution in [2.75, 3.05) is 4.90 Å². The first-order valence-corrected chi connectivity index (χ1v) is 22.0. The molecule has 0 aliphatic carbocycles. The lowest BCUT2D eigenvalue weighted by Gasteiger charge is -2.46. The number of fused-ring (bicyclic) bond motifs is 5. The van der Waals surface area contributed by atoms with Crippen molar-refractivity contribution in [2.45, 2.75) is 5.41 Å². The molecule has 11 rings (SSSR count). The molecule has 0 spiro atoms. The summed E-state index contributed by atoms with van der Waals surface area (Å²) in [6.45, 7) is 0. The van der Waals surface area contributed by atoms with Gasteiger partial charge in [0, 0.05) is 16.5 Å². The van der Waals surface area contributed by atoms with E-state index in [1.54, 1.807) is 0 Å². The number of benzene rings is 9. The second-order valence-corrected chi connectivity index (χ2v) is 18.9. The fraction of sp³-hybridized carbons (Fsp3) is 0.0182. The second-order valence-electron chi connectivity index (χ2n) is 15.2. The summed E-state index contributed by atoms with van der Waals surface area (Å²) in [5.41, 5.74) is 9.63. The van der Waals surface area contributed by atoms with Crippen molar-refractivity contribution in [3.63, 3.8) is 0 Å². The molecule has 2 heterocycles. The van der Waals surface area contributed by atoms with Gasteiger partial charge in [-0.3, -0.25) is 0 Å². The van der Waals surface area contributed by atoms with Gasteiger partial charge in [0.05, 0.1) is 16.8 Å². The minimum absolute atomic E-state index is 0.557. The molecule has 274 valence electrons. The smallest absolute Gasteiger partial charge is 0.184 e. The Balaban J connectivity index is 1.29. The fourth-order valence-electron chi connectivity index (χ4n) is 9.94. The third-order valence-electron chi connectivity index (χ3n) is 12.3. The first-order chi connectivity index (χ1) is 28.8. The highest BCUT2D eigenvalue weighted by atomic mass is 28.3. The lowest BCUT2D eigenvalue weighted by Crippen LogP contribution is -2.74. The Kier molecular flexibility index (Phi) is 8.09. The summed E-state index contributed by atoms with van der Waals surface area (Å²) >= 11 is 0. The van der Waals surface area contributed by atoms with Crippen LogP contribution in [-0.4, -0.2) is 8.07 Å². The third kappa shape index (κ3) is 4.97. The van der Waals surface area contributed by atoms with Gasteiger partial charge in [0.25, 0.3) is 0 Å². The molecule has 1 aliphatic rings. The van der Waals surface area contributed by atoms with Gasteiger partial charge in [-0.15, -0.1) is 0 Å². The first kappa shape index (κ1) is 34.1.